The Hall–Kier alpha value is 2.86. The molecule has 0 aromatic carbocycles. The van der Waals surface area contributed by atoms with E-state index in [9.17, 15) is 0 Å². The molecule has 0 bridgehead atoms. The predicted molar refractivity (Wildman–Crippen MR) is 28.6 cm³/mol. The third-order valence-corrected chi connectivity index (χ3v) is 0. The summed E-state index contributed by atoms with van der Waals surface area (Å²) < 4.78 is 8.88. The summed E-state index contributed by atoms with van der Waals surface area (Å²) >= 11 is 0. The summed E-state index contributed by atoms with van der Waals surface area (Å²) in [5, 5.41) is 0. The third-order valence-electron chi connectivity index (χ3n) is 0. The van der Waals surface area contributed by atoms with Crippen LogP contribution < -0.4 is 0 Å². The fraction of sp³-hybridized carbons (Fsp3) is 0. The minimum atomic E-state index is -4.64. The van der Waals surface area contributed by atoms with Gasteiger partial charge in [0.15, 0.2) is 0 Å². The van der Waals surface area contributed by atoms with Gasteiger partial charge in [-0.25, -0.2) is 4.57 Å². The van der Waals surface area contributed by atoms with Crippen molar-refractivity contribution in [3.63, 3.8) is 0 Å². The Morgan fingerprint density at radius 1 is 1.12 bits per heavy atom. The van der Waals surface area contributed by atoms with E-state index in [1.54, 1.807) is 0 Å². The molecule has 0 aliphatic rings. The summed E-state index contributed by atoms with van der Waals surface area (Å²) in [5.41, 5.74) is 0. The van der Waals surface area contributed by atoms with Crippen molar-refractivity contribution in [3.05, 3.63) is 0 Å². The van der Waals surface area contributed by atoms with Crippen LogP contribution in [0.2, 0.25) is 0 Å². The Morgan fingerprint density at radius 3 is 1.12 bits per heavy atom. The van der Waals surface area contributed by atoms with Crippen molar-refractivity contribution in [3.8, 4) is 0 Å². The van der Waals surface area contributed by atoms with Gasteiger partial charge in [0.25, 0.3) is 0 Å². The second kappa shape index (κ2) is 9.86. The van der Waals surface area contributed by atoms with Crippen molar-refractivity contribution in [1.29, 1.82) is 0 Å². The standard InChI is InChI=1S/Fe.K.Li.H3O4P.2H/c;;;1-5(2,3)4;;/h;;;(H3,1,2,3,4);;. The Bertz CT molecular complexity index is 62.2. The predicted octanol–water partition coefficient (Wildman–Crippen LogP) is -2.23. The summed E-state index contributed by atoms with van der Waals surface area (Å²) in [6.07, 6.45) is 0. The molecule has 8 heteroatoms. The molecular formula is H5FeKLiO4P. The maximum absolute atomic E-state index is 8.88. The molecule has 0 aliphatic heterocycles. The fourth-order valence-electron chi connectivity index (χ4n) is 0. The summed E-state index contributed by atoms with van der Waals surface area (Å²) in [6.45, 7) is 0. The number of rotatable bonds is 0. The van der Waals surface area contributed by atoms with E-state index >= 15 is 0 Å². The monoisotopic (exact) mass is 202 g/mol. The van der Waals surface area contributed by atoms with Crippen molar-refractivity contribution in [2.45, 2.75) is 0 Å². The van der Waals surface area contributed by atoms with E-state index in [0.717, 1.165) is 0 Å². The van der Waals surface area contributed by atoms with Crippen LogP contribution in [0, 0.1) is 0 Å². The van der Waals surface area contributed by atoms with Crippen LogP contribution in [0.25, 0.3) is 0 Å². The fourth-order valence-corrected chi connectivity index (χ4v) is 0. The van der Waals surface area contributed by atoms with E-state index < -0.39 is 7.82 Å². The summed E-state index contributed by atoms with van der Waals surface area (Å²) in [7, 11) is -4.64. The topological polar surface area (TPSA) is 77.8 Å². The molecular weight excluding hydrogens is 197 g/mol. The van der Waals surface area contributed by atoms with Crippen molar-refractivity contribution in [2.24, 2.45) is 0 Å². The molecule has 0 rings (SSSR count). The molecule has 0 saturated carbocycles. The average molecular weight is 202 g/mol. The van der Waals surface area contributed by atoms with Gasteiger partial charge >= 0.3 is 78.1 Å². The molecule has 0 aromatic rings. The van der Waals surface area contributed by atoms with E-state index in [2.05, 4.69) is 0 Å². The third kappa shape index (κ3) is 66.8. The van der Waals surface area contributed by atoms with Crippen LogP contribution in [0.3, 0.4) is 0 Å². The van der Waals surface area contributed by atoms with Crippen molar-refractivity contribution >= 4 is 78.1 Å². The second-order valence-corrected chi connectivity index (χ2v) is 1.54. The van der Waals surface area contributed by atoms with Crippen molar-refractivity contribution < 1.29 is 36.3 Å². The van der Waals surface area contributed by atoms with Gasteiger partial charge in [0, 0.05) is 17.1 Å². The van der Waals surface area contributed by atoms with Crippen LogP contribution in [0.15, 0.2) is 0 Å². The molecule has 0 heterocycles. The zero-order valence-electron chi connectivity index (χ0n) is 2.55. The van der Waals surface area contributed by atoms with Crippen LogP contribution in [0.4, 0.5) is 0 Å². The zero-order chi connectivity index (χ0) is 4.50. The van der Waals surface area contributed by atoms with E-state index in [1.165, 1.54) is 0 Å². The normalized spacial score (nSPS) is 7.38. The number of phosphoric acid groups is 1. The van der Waals surface area contributed by atoms with E-state index in [1.807, 2.05) is 0 Å². The van der Waals surface area contributed by atoms with Crippen molar-refractivity contribution in [2.75, 3.05) is 0 Å². The molecule has 8 heavy (non-hydrogen) atoms. The minimum absolute atomic E-state index is 0. The van der Waals surface area contributed by atoms with Crippen LogP contribution in [0.1, 0.15) is 0 Å². The SMILES string of the molecule is O=P(O)(O)O.[Fe].[KH].[LiH]. The first-order valence-corrected chi connectivity index (χ1v) is 2.35. The molecule has 0 unspecified atom stereocenters. The van der Waals surface area contributed by atoms with Crippen LogP contribution in [0.5, 0.6) is 0 Å². The Labute approximate surface area is 112 Å². The molecule has 0 aliphatic carbocycles. The molecule has 0 fully saturated rings. The van der Waals surface area contributed by atoms with Gasteiger partial charge < -0.3 is 14.7 Å². The van der Waals surface area contributed by atoms with E-state index in [0.29, 0.717) is 0 Å². The van der Waals surface area contributed by atoms with Crippen LogP contribution in [-0.4, -0.2) is 84.9 Å². The summed E-state index contributed by atoms with van der Waals surface area (Å²) in [5.74, 6) is 0. The van der Waals surface area contributed by atoms with Gasteiger partial charge in [-0.15, -0.1) is 0 Å². The Morgan fingerprint density at radius 2 is 1.12 bits per heavy atom. The number of hydrogen-bond acceptors (Lipinski definition) is 1. The van der Waals surface area contributed by atoms with E-state index in [-0.39, 0.29) is 87.3 Å². The Kier molecular flexibility index (Phi) is 27.7. The Balaban J connectivity index is -0.0000000267. The van der Waals surface area contributed by atoms with E-state index in [4.69, 9.17) is 19.2 Å². The molecule has 4 nitrogen and oxygen atoms in total. The maximum atomic E-state index is 8.88. The zero-order valence-corrected chi connectivity index (χ0v) is 4.55. The second-order valence-electron chi connectivity index (χ2n) is 0.513. The van der Waals surface area contributed by atoms with Crippen molar-refractivity contribution in [1.82, 2.24) is 0 Å². The first-order chi connectivity index (χ1) is 2.00. The van der Waals surface area contributed by atoms with Gasteiger partial charge in [0.2, 0.25) is 0 Å². The average Bonchev–Trinajstić information content (AvgIpc) is 0.722. The van der Waals surface area contributed by atoms with Gasteiger partial charge in [0.05, 0.1) is 0 Å². The van der Waals surface area contributed by atoms with Gasteiger partial charge in [0.1, 0.15) is 0 Å². The molecule has 0 atom stereocenters. The van der Waals surface area contributed by atoms with Gasteiger partial charge in [-0.1, -0.05) is 0 Å². The molecule has 0 amide bonds. The summed E-state index contributed by atoms with van der Waals surface area (Å²) in [6, 6.07) is 0. The van der Waals surface area contributed by atoms with Gasteiger partial charge in [-0.3, -0.25) is 0 Å². The molecule has 0 radical (unpaired) electrons. The summed E-state index contributed by atoms with van der Waals surface area (Å²) in [4.78, 5) is 21.6. The van der Waals surface area contributed by atoms with Gasteiger partial charge in [-0.05, 0) is 0 Å². The molecule has 0 saturated heterocycles. The first-order valence-electron chi connectivity index (χ1n) is 0.783. The quantitative estimate of drug-likeness (QED) is 0.307. The molecule has 0 aromatic heterocycles. The van der Waals surface area contributed by atoms with Crippen LogP contribution >= 0.6 is 7.82 Å². The molecule has 44 valence electrons. The molecule has 0 spiro atoms. The van der Waals surface area contributed by atoms with Gasteiger partial charge in [-0.2, -0.15) is 0 Å². The first kappa shape index (κ1) is 22.4. The van der Waals surface area contributed by atoms with Crippen LogP contribution in [-0.2, 0) is 21.6 Å². The molecule has 3 N–H and O–H groups in total. The number of hydrogen-bond donors (Lipinski definition) is 3.